The van der Waals surface area contributed by atoms with Gasteiger partial charge in [0.05, 0.1) is 26.2 Å². The number of hydrogen-bond donors (Lipinski definition) is 4. The third kappa shape index (κ3) is 7.49. The Morgan fingerprint density at radius 1 is 0.846 bits per heavy atom. The summed E-state index contributed by atoms with van der Waals surface area (Å²) in [5.41, 5.74) is 12.1. The van der Waals surface area contributed by atoms with Gasteiger partial charge in [-0.2, -0.15) is 8.42 Å². The van der Waals surface area contributed by atoms with Gasteiger partial charge in [0, 0.05) is 11.3 Å². The van der Waals surface area contributed by atoms with Crippen LogP contribution in [0.25, 0.3) is 6.08 Å². The van der Waals surface area contributed by atoms with Crippen molar-refractivity contribution in [3.8, 4) is 17.2 Å². The molecule has 0 heterocycles. The Kier molecular flexibility index (Phi) is 9.12. The highest BCUT2D eigenvalue weighted by molar-refractivity contribution is 7.90. The number of rotatable bonds is 9. The maximum absolute atomic E-state index is 13.1. The standard InChI is InChI=1S/C26H27N5O7S/c1-36-19-9-5-17(6-10-19)24(32)29-21(14-16-4-13-22(37-2)23(15-16)38-3)25(33)30-26(28)31-39(34,35)20-11-7-18(27)8-12-20/h4-15H,27H2,1-3H3,(H,29,32)(H3,28,30,31,33). The number of anilines is 1. The normalized spacial score (nSPS) is 11.9. The molecule has 0 aromatic heterocycles. The molecule has 0 aliphatic carbocycles. The first-order valence-corrected chi connectivity index (χ1v) is 12.7. The van der Waals surface area contributed by atoms with Gasteiger partial charge in [-0.05, 0) is 72.3 Å². The molecule has 0 radical (unpaired) electrons. The van der Waals surface area contributed by atoms with Crippen molar-refractivity contribution in [1.82, 2.24) is 10.6 Å². The van der Waals surface area contributed by atoms with Gasteiger partial charge in [0.2, 0.25) is 5.96 Å². The van der Waals surface area contributed by atoms with E-state index in [0.717, 1.165) is 0 Å². The second-order valence-corrected chi connectivity index (χ2v) is 9.43. The molecule has 204 valence electrons. The fraction of sp³-hybridized carbons (Fsp3) is 0.115. The number of benzene rings is 3. The molecular weight excluding hydrogens is 526 g/mol. The van der Waals surface area contributed by atoms with E-state index in [4.69, 9.17) is 25.7 Å². The Labute approximate surface area is 225 Å². The van der Waals surface area contributed by atoms with Gasteiger partial charge in [-0.3, -0.25) is 14.9 Å². The first kappa shape index (κ1) is 28.5. The number of nitrogens with two attached hydrogens (primary N) is 2. The zero-order valence-electron chi connectivity index (χ0n) is 21.3. The lowest BCUT2D eigenvalue weighted by molar-refractivity contribution is -0.116. The van der Waals surface area contributed by atoms with Crippen molar-refractivity contribution in [3.05, 3.63) is 83.6 Å². The number of hydrogen-bond acceptors (Lipinski definition) is 8. The van der Waals surface area contributed by atoms with Crippen molar-refractivity contribution < 1.29 is 32.2 Å². The average molecular weight is 554 g/mol. The van der Waals surface area contributed by atoms with E-state index in [-0.39, 0.29) is 16.2 Å². The zero-order chi connectivity index (χ0) is 28.6. The monoisotopic (exact) mass is 553 g/mol. The summed E-state index contributed by atoms with van der Waals surface area (Å²) in [4.78, 5) is 25.9. The lowest BCUT2D eigenvalue weighted by Gasteiger charge is -2.12. The highest BCUT2D eigenvalue weighted by Crippen LogP contribution is 2.28. The van der Waals surface area contributed by atoms with Crippen molar-refractivity contribution >= 4 is 39.6 Å². The molecular formula is C26H27N5O7S. The average Bonchev–Trinajstić information content (AvgIpc) is 2.92. The number of nitrogens with one attached hydrogen (secondary N) is 2. The van der Waals surface area contributed by atoms with Gasteiger partial charge in [0.15, 0.2) is 11.5 Å². The summed E-state index contributed by atoms with van der Waals surface area (Å²) in [6.07, 6.45) is 1.35. The molecule has 0 unspecified atom stereocenters. The van der Waals surface area contributed by atoms with E-state index in [0.29, 0.717) is 28.5 Å². The van der Waals surface area contributed by atoms with E-state index in [2.05, 4.69) is 15.0 Å². The summed E-state index contributed by atoms with van der Waals surface area (Å²) in [5.74, 6) is -0.898. The minimum absolute atomic E-state index is 0.178. The second kappa shape index (κ2) is 12.5. The van der Waals surface area contributed by atoms with E-state index in [1.165, 1.54) is 63.8 Å². The van der Waals surface area contributed by atoms with E-state index in [1.54, 1.807) is 30.3 Å². The zero-order valence-corrected chi connectivity index (χ0v) is 22.1. The molecule has 0 atom stereocenters. The number of methoxy groups -OCH3 is 3. The number of guanidine groups is 1. The number of nitrogens with zero attached hydrogens (tertiary/aromatic N) is 1. The summed E-state index contributed by atoms with van der Waals surface area (Å²) in [7, 11) is 0.158. The molecule has 13 heteroatoms. The Bertz CT molecular complexity index is 1520. The second-order valence-electron chi connectivity index (χ2n) is 7.83. The molecule has 6 N–H and O–H groups in total. The van der Waals surface area contributed by atoms with Crippen molar-refractivity contribution in [1.29, 1.82) is 0 Å². The molecule has 39 heavy (non-hydrogen) atoms. The first-order chi connectivity index (χ1) is 18.6. The van der Waals surface area contributed by atoms with Crippen molar-refractivity contribution in [2.75, 3.05) is 27.1 Å². The van der Waals surface area contributed by atoms with Crippen LogP contribution in [0, 0.1) is 0 Å². The summed E-state index contributed by atoms with van der Waals surface area (Å²) < 4.78 is 44.2. The topological polar surface area (TPSA) is 184 Å². The summed E-state index contributed by atoms with van der Waals surface area (Å²) in [5, 5.41) is 4.70. The van der Waals surface area contributed by atoms with Gasteiger partial charge in [0.25, 0.3) is 21.8 Å². The number of carbonyl (C=O) groups is 2. The molecule has 3 rings (SSSR count). The van der Waals surface area contributed by atoms with Crippen LogP contribution in [0.1, 0.15) is 15.9 Å². The predicted molar refractivity (Wildman–Crippen MR) is 146 cm³/mol. The van der Waals surface area contributed by atoms with Crippen LogP contribution in [0.2, 0.25) is 0 Å². The quantitative estimate of drug-likeness (QED) is 0.133. The van der Waals surface area contributed by atoms with Crippen LogP contribution < -0.4 is 36.3 Å². The van der Waals surface area contributed by atoms with Gasteiger partial charge in [-0.1, -0.05) is 6.07 Å². The SMILES string of the molecule is COc1ccc(C(=O)NC(=Cc2ccc(OC)c(OC)c2)C(=O)NC(N)=NS(=O)(=O)c2ccc(N)cc2)cc1. The molecule has 0 saturated heterocycles. The molecule has 2 amide bonds. The van der Waals surface area contributed by atoms with Crippen LogP contribution in [0.3, 0.4) is 0 Å². The predicted octanol–water partition coefficient (Wildman–Crippen LogP) is 1.89. The smallest absolute Gasteiger partial charge is 0.285 e. The maximum Gasteiger partial charge on any atom is 0.285 e. The Hall–Kier alpha value is -5.04. The Morgan fingerprint density at radius 3 is 2.08 bits per heavy atom. The maximum atomic E-state index is 13.1. The van der Waals surface area contributed by atoms with Crippen LogP contribution in [-0.4, -0.2) is 47.5 Å². The third-order valence-corrected chi connectivity index (χ3v) is 6.51. The summed E-state index contributed by atoms with van der Waals surface area (Å²) >= 11 is 0. The van der Waals surface area contributed by atoms with Crippen LogP contribution in [0.5, 0.6) is 17.2 Å². The fourth-order valence-electron chi connectivity index (χ4n) is 3.23. The molecule has 12 nitrogen and oxygen atoms in total. The van der Waals surface area contributed by atoms with E-state index < -0.39 is 27.8 Å². The van der Waals surface area contributed by atoms with Crippen molar-refractivity contribution in [2.45, 2.75) is 4.90 Å². The molecule has 0 bridgehead atoms. The van der Waals surface area contributed by atoms with Gasteiger partial charge in [-0.25, -0.2) is 0 Å². The van der Waals surface area contributed by atoms with Gasteiger partial charge >= 0.3 is 0 Å². The molecule has 0 aliphatic rings. The fourth-order valence-corrected chi connectivity index (χ4v) is 4.12. The highest BCUT2D eigenvalue weighted by atomic mass is 32.2. The molecule has 3 aromatic carbocycles. The molecule has 0 aliphatic heterocycles. The number of sulfonamides is 1. The minimum Gasteiger partial charge on any atom is -0.497 e. The number of ether oxygens (including phenoxy) is 3. The van der Waals surface area contributed by atoms with Crippen molar-refractivity contribution in [3.63, 3.8) is 0 Å². The van der Waals surface area contributed by atoms with Gasteiger partial charge in [-0.15, -0.1) is 4.40 Å². The molecule has 0 spiro atoms. The van der Waals surface area contributed by atoms with E-state index in [9.17, 15) is 18.0 Å². The van der Waals surface area contributed by atoms with E-state index >= 15 is 0 Å². The Balaban J connectivity index is 1.93. The van der Waals surface area contributed by atoms with Crippen LogP contribution in [-0.2, 0) is 14.8 Å². The largest absolute Gasteiger partial charge is 0.497 e. The molecule has 0 saturated carbocycles. The van der Waals surface area contributed by atoms with E-state index in [1.807, 2.05) is 0 Å². The Morgan fingerprint density at radius 2 is 1.49 bits per heavy atom. The molecule has 0 fully saturated rings. The summed E-state index contributed by atoms with van der Waals surface area (Å²) in [6, 6.07) is 16.3. The lowest BCUT2D eigenvalue weighted by Crippen LogP contribution is -2.42. The highest BCUT2D eigenvalue weighted by Gasteiger charge is 2.19. The minimum atomic E-state index is -4.25. The third-order valence-electron chi connectivity index (χ3n) is 5.20. The van der Waals surface area contributed by atoms with Crippen LogP contribution in [0.15, 0.2) is 81.7 Å². The van der Waals surface area contributed by atoms with Crippen LogP contribution >= 0.6 is 0 Å². The number of amides is 2. The lowest BCUT2D eigenvalue weighted by atomic mass is 10.1. The van der Waals surface area contributed by atoms with Crippen LogP contribution in [0.4, 0.5) is 5.69 Å². The number of carbonyl (C=O) groups excluding carboxylic acids is 2. The number of nitrogen functional groups attached to an aromatic ring is 1. The van der Waals surface area contributed by atoms with Gasteiger partial charge < -0.3 is 31.0 Å². The first-order valence-electron chi connectivity index (χ1n) is 11.2. The van der Waals surface area contributed by atoms with Crippen molar-refractivity contribution in [2.24, 2.45) is 10.1 Å². The summed E-state index contributed by atoms with van der Waals surface area (Å²) in [6.45, 7) is 0. The molecule has 3 aromatic rings. The van der Waals surface area contributed by atoms with Gasteiger partial charge in [0.1, 0.15) is 11.4 Å².